The van der Waals surface area contributed by atoms with Crippen LogP contribution in [0.15, 0.2) is 0 Å². The number of nitrogens with two attached hydrogens (primary N) is 2. The number of hydrogen-bond donors (Lipinski definition) is 2. The van der Waals surface area contributed by atoms with Crippen LogP contribution < -0.4 is 11.5 Å². The maximum absolute atomic E-state index is 10.8. The summed E-state index contributed by atoms with van der Waals surface area (Å²) in [7, 11) is 0. The number of hydrogen-bond acceptors (Lipinski definition) is 3. The van der Waals surface area contributed by atoms with Gasteiger partial charge in [-0.15, -0.1) is 0 Å². The van der Waals surface area contributed by atoms with Crippen molar-refractivity contribution >= 4 is 11.7 Å². The van der Waals surface area contributed by atoms with Gasteiger partial charge in [0.05, 0.1) is 0 Å². The van der Waals surface area contributed by atoms with E-state index in [9.17, 15) is 9.59 Å². The lowest BCUT2D eigenvalue weighted by Crippen LogP contribution is -2.23. The van der Waals surface area contributed by atoms with E-state index in [0.717, 1.165) is 25.7 Å². The van der Waals surface area contributed by atoms with E-state index in [1.54, 1.807) is 0 Å². The quantitative estimate of drug-likeness (QED) is 0.447. The molecule has 0 spiro atoms. The summed E-state index contributed by atoms with van der Waals surface area (Å²) in [6.45, 7) is 2.09. The Balaban J connectivity index is 3.37. The molecule has 4 N–H and O–H groups in total. The van der Waals surface area contributed by atoms with Crippen LogP contribution in [0.25, 0.3) is 0 Å². The van der Waals surface area contributed by atoms with E-state index in [2.05, 4.69) is 6.92 Å². The van der Waals surface area contributed by atoms with Crippen LogP contribution in [0.3, 0.4) is 0 Å². The highest BCUT2D eigenvalue weighted by Gasteiger charge is 2.08. The molecular weight excluding hydrogens is 180 g/mol. The van der Waals surface area contributed by atoms with Crippen LogP contribution in [0.5, 0.6) is 0 Å². The molecule has 82 valence electrons. The number of carbonyl (C=O) groups excluding carboxylic acids is 2. The number of unbranched alkanes of at least 4 members (excludes halogenated alkanes) is 1. The second kappa shape index (κ2) is 7.50. The van der Waals surface area contributed by atoms with Crippen molar-refractivity contribution in [3.05, 3.63) is 0 Å². The number of Topliss-reactive ketones (excluding diaryl/α,β-unsaturated/α-hetero) is 1. The maximum atomic E-state index is 10.8. The molecule has 0 aliphatic rings. The summed E-state index contributed by atoms with van der Waals surface area (Å²) in [5, 5.41) is 0. The number of rotatable bonds is 8. The minimum absolute atomic E-state index is 0.226. The fraction of sp³-hybridized carbons (Fsp3) is 0.800. The average Bonchev–Trinajstić information content (AvgIpc) is 2.12. The van der Waals surface area contributed by atoms with Gasteiger partial charge >= 0.3 is 0 Å². The van der Waals surface area contributed by atoms with Gasteiger partial charge in [0, 0.05) is 12.5 Å². The molecule has 1 atom stereocenters. The van der Waals surface area contributed by atoms with Crippen LogP contribution >= 0.6 is 0 Å². The van der Waals surface area contributed by atoms with E-state index in [4.69, 9.17) is 11.5 Å². The van der Waals surface area contributed by atoms with Gasteiger partial charge in [-0.2, -0.15) is 0 Å². The zero-order chi connectivity index (χ0) is 11.0. The zero-order valence-electron chi connectivity index (χ0n) is 8.79. The Bertz CT molecular complexity index is 193. The first kappa shape index (κ1) is 13.1. The van der Waals surface area contributed by atoms with Gasteiger partial charge in [-0.3, -0.25) is 9.59 Å². The normalized spacial score (nSPS) is 12.4. The second-order valence-corrected chi connectivity index (χ2v) is 3.58. The Kier molecular flexibility index (Phi) is 7.02. The molecule has 0 aromatic heterocycles. The van der Waals surface area contributed by atoms with E-state index in [-0.39, 0.29) is 12.5 Å². The molecule has 0 rings (SSSR count). The fourth-order valence-corrected chi connectivity index (χ4v) is 1.33. The molecule has 0 aliphatic carbocycles. The van der Waals surface area contributed by atoms with Crippen molar-refractivity contribution in [2.45, 2.75) is 51.5 Å². The molecule has 4 nitrogen and oxygen atoms in total. The molecule has 0 aliphatic heterocycles. The van der Waals surface area contributed by atoms with Crippen LogP contribution in [0.2, 0.25) is 0 Å². The predicted octanol–water partition coefficient (Wildman–Crippen LogP) is 0.729. The molecule has 0 aromatic rings. The molecule has 0 saturated carbocycles. The molecule has 0 fully saturated rings. The van der Waals surface area contributed by atoms with Crippen LogP contribution in [0, 0.1) is 0 Å². The standard InChI is InChI=1S/C10H20N2O2/c1-2-5-8(11)6-3-4-7-9(13)10(12)14/h8H,2-7,11H2,1H3,(H2,12,14). The molecule has 1 unspecified atom stereocenters. The number of carbonyl (C=O) groups is 2. The molecule has 1 amide bonds. The third kappa shape index (κ3) is 6.60. The van der Waals surface area contributed by atoms with Crippen molar-refractivity contribution in [2.75, 3.05) is 0 Å². The zero-order valence-corrected chi connectivity index (χ0v) is 8.79. The summed E-state index contributed by atoms with van der Waals surface area (Å²) < 4.78 is 0. The second-order valence-electron chi connectivity index (χ2n) is 3.58. The largest absolute Gasteiger partial charge is 0.363 e. The van der Waals surface area contributed by atoms with E-state index >= 15 is 0 Å². The predicted molar refractivity (Wildman–Crippen MR) is 55.6 cm³/mol. The lowest BCUT2D eigenvalue weighted by Gasteiger charge is -2.08. The molecule has 0 aromatic carbocycles. The molecule has 0 heterocycles. The van der Waals surface area contributed by atoms with Gasteiger partial charge in [0.1, 0.15) is 0 Å². The van der Waals surface area contributed by atoms with Gasteiger partial charge in [0.25, 0.3) is 5.91 Å². The minimum atomic E-state index is -0.831. The topological polar surface area (TPSA) is 86.2 Å². The summed E-state index contributed by atoms with van der Waals surface area (Å²) in [6, 6.07) is 0.226. The molecule has 4 heteroatoms. The Morgan fingerprint density at radius 1 is 1.21 bits per heavy atom. The number of ketones is 1. The van der Waals surface area contributed by atoms with E-state index in [1.165, 1.54) is 0 Å². The third-order valence-corrected chi connectivity index (χ3v) is 2.16. The van der Waals surface area contributed by atoms with Crippen LogP contribution in [0.1, 0.15) is 45.4 Å². The van der Waals surface area contributed by atoms with Gasteiger partial charge in [-0.25, -0.2) is 0 Å². The summed E-state index contributed by atoms with van der Waals surface area (Å²) in [4.78, 5) is 21.2. The van der Waals surface area contributed by atoms with Crippen molar-refractivity contribution in [3.63, 3.8) is 0 Å². The highest BCUT2D eigenvalue weighted by atomic mass is 16.2. The number of primary amides is 1. The lowest BCUT2D eigenvalue weighted by atomic mass is 10.0. The molecule has 14 heavy (non-hydrogen) atoms. The van der Waals surface area contributed by atoms with E-state index in [0.29, 0.717) is 6.42 Å². The number of amides is 1. The Morgan fingerprint density at radius 2 is 1.86 bits per heavy atom. The van der Waals surface area contributed by atoms with Crippen LogP contribution in [-0.4, -0.2) is 17.7 Å². The van der Waals surface area contributed by atoms with Gasteiger partial charge in [-0.1, -0.05) is 19.8 Å². The van der Waals surface area contributed by atoms with Crippen molar-refractivity contribution in [1.29, 1.82) is 0 Å². The summed E-state index contributed by atoms with van der Waals surface area (Å²) >= 11 is 0. The Morgan fingerprint density at radius 3 is 2.36 bits per heavy atom. The van der Waals surface area contributed by atoms with Crippen LogP contribution in [0.4, 0.5) is 0 Å². The van der Waals surface area contributed by atoms with E-state index in [1.807, 2.05) is 0 Å². The fourth-order valence-electron chi connectivity index (χ4n) is 1.33. The van der Waals surface area contributed by atoms with Gasteiger partial charge < -0.3 is 11.5 Å². The van der Waals surface area contributed by atoms with Crippen molar-refractivity contribution in [1.82, 2.24) is 0 Å². The van der Waals surface area contributed by atoms with Gasteiger partial charge in [-0.05, 0) is 19.3 Å². The third-order valence-electron chi connectivity index (χ3n) is 2.16. The minimum Gasteiger partial charge on any atom is -0.363 e. The van der Waals surface area contributed by atoms with Crippen molar-refractivity contribution in [3.8, 4) is 0 Å². The Hall–Kier alpha value is -0.900. The molecule has 0 bridgehead atoms. The van der Waals surface area contributed by atoms with Crippen LogP contribution in [-0.2, 0) is 9.59 Å². The first-order valence-electron chi connectivity index (χ1n) is 5.16. The van der Waals surface area contributed by atoms with Gasteiger partial charge in [0.2, 0.25) is 5.78 Å². The highest BCUT2D eigenvalue weighted by molar-refractivity contribution is 6.35. The van der Waals surface area contributed by atoms with E-state index < -0.39 is 11.7 Å². The smallest absolute Gasteiger partial charge is 0.284 e. The highest BCUT2D eigenvalue weighted by Crippen LogP contribution is 2.06. The van der Waals surface area contributed by atoms with Gasteiger partial charge in [0.15, 0.2) is 0 Å². The molecular formula is C10H20N2O2. The monoisotopic (exact) mass is 200 g/mol. The average molecular weight is 200 g/mol. The van der Waals surface area contributed by atoms with Crippen molar-refractivity contribution < 1.29 is 9.59 Å². The first-order chi connectivity index (χ1) is 6.57. The first-order valence-corrected chi connectivity index (χ1v) is 5.16. The Labute approximate surface area is 85.0 Å². The maximum Gasteiger partial charge on any atom is 0.284 e. The lowest BCUT2D eigenvalue weighted by molar-refractivity contribution is -0.136. The summed E-state index contributed by atoms with van der Waals surface area (Å²) in [5.41, 5.74) is 10.6. The van der Waals surface area contributed by atoms with Crippen molar-refractivity contribution in [2.24, 2.45) is 11.5 Å². The SMILES string of the molecule is CCCC(N)CCCCC(=O)C(N)=O. The summed E-state index contributed by atoms with van der Waals surface area (Å²) in [5.74, 6) is -1.31. The molecule has 0 radical (unpaired) electrons. The summed E-state index contributed by atoms with van der Waals surface area (Å²) in [6.07, 6.45) is 4.87. The molecule has 0 saturated heterocycles.